The van der Waals surface area contributed by atoms with Crippen molar-refractivity contribution in [3.8, 4) is 6.07 Å². The molecule has 0 spiro atoms. The fourth-order valence-electron chi connectivity index (χ4n) is 1.91. The number of anilines is 1. The summed E-state index contributed by atoms with van der Waals surface area (Å²) in [7, 11) is 1.62. The van der Waals surface area contributed by atoms with E-state index in [4.69, 9.17) is 5.26 Å². The van der Waals surface area contributed by atoms with Crippen LogP contribution in [0, 0.1) is 17.2 Å². The van der Waals surface area contributed by atoms with Gasteiger partial charge in [-0.05, 0) is 24.6 Å². The van der Waals surface area contributed by atoms with E-state index in [1.165, 1.54) is 4.90 Å². The van der Waals surface area contributed by atoms with E-state index in [1.807, 2.05) is 6.07 Å². The zero-order valence-corrected chi connectivity index (χ0v) is 10.7. The van der Waals surface area contributed by atoms with Crippen molar-refractivity contribution in [1.82, 2.24) is 9.97 Å². The van der Waals surface area contributed by atoms with Crippen LogP contribution in [0.25, 0.3) is 11.0 Å². The molecule has 1 aromatic carbocycles. The van der Waals surface area contributed by atoms with Gasteiger partial charge in [0.05, 0.1) is 17.1 Å². The maximum Gasteiger partial charge on any atom is 0.323 e. The summed E-state index contributed by atoms with van der Waals surface area (Å²) in [5, 5.41) is 8.92. The van der Waals surface area contributed by atoms with Gasteiger partial charge in [0.1, 0.15) is 5.92 Å². The Morgan fingerprint density at radius 2 is 2.11 bits per heavy atom. The number of hydrogen-bond donors (Lipinski definition) is 2. The van der Waals surface area contributed by atoms with Crippen molar-refractivity contribution in [3.05, 3.63) is 28.7 Å². The van der Waals surface area contributed by atoms with Crippen LogP contribution in [0.5, 0.6) is 0 Å². The Morgan fingerprint density at radius 1 is 1.42 bits per heavy atom. The Hall–Kier alpha value is -2.55. The molecule has 0 aliphatic carbocycles. The molecule has 1 heterocycles. The highest BCUT2D eigenvalue weighted by Crippen LogP contribution is 2.20. The van der Waals surface area contributed by atoms with Crippen molar-refractivity contribution in [2.45, 2.75) is 13.3 Å². The number of carbonyl (C=O) groups excluding carboxylic acids is 1. The number of aromatic nitrogens is 2. The van der Waals surface area contributed by atoms with Crippen LogP contribution in [0.3, 0.4) is 0 Å². The molecule has 1 aromatic heterocycles. The monoisotopic (exact) mass is 258 g/mol. The number of carbonyl (C=O) groups is 1. The Morgan fingerprint density at radius 3 is 2.74 bits per heavy atom. The molecule has 2 rings (SSSR count). The summed E-state index contributed by atoms with van der Waals surface area (Å²) in [6.07, 6.45) is 0.475. The topological polar surface area (TPSA) is 92.8 Å². The third-order valence-corrected chi connectivity index (χ3v) is 3.08. The molecule has 2 N–H and O–H groups in total. The number of amides is 1. The van der Waals surface area contributed by atoms with E-state index in [0.717, 1.165) is 0 Å². The number of hydrogen-bond acceptors (Lipinski definition) is 3. The maximum atomic E-state index is 12.1. The Labute approximate surface area is 109 Å². The van der Waals surface area contributed by atoms with Gasteiger partial charge in [0.15, 0.2) is 0 Å². The maximum absolute atomic E-state index is 12.1. The third-order valence-electron chi connectivity index (χ3n) is 3.08. The van der Waals surface area contributed by atoms with Crippen molar-refractivity contribution < 1.29 is 4.79 Å². The van der Waals surface area contributed by atoms with Crippen LogP contribution in [0.15, 0.2) is 23.0 Å². The fraction of sp³-hybridized carbons (Fsp3) is 0.308. The molecule has 1 unspecified atom stereocenters. The highest BCUT2D eigenvalue weighted by atomic mass is 16.2. The molecule has 0 fully saturated rings. The Kier molecular flexibility index (Phi) is 3.38. The molecule has 1 atom stereocenters. The van der Waals surface area contributed by atoms with Crippen LogP contribution in [0.4, 0.5) is 5.69 Å². The van der Waals surface area contributed by atoms with Crippen LogP contribution >= 0.6 is 0 Å². The number of nitriles is 1. The normalized spacial score (nSPS) is 12.1. The number of imidazole rings is 1. The summed E-state index contributed by atoms with van der Waals surface area (Å²) >= 11 is 0. The molecule has 0 aliphatic heterocycles. The van der Waals surface area contributed by atoms with Crippen molar-refractivity contribution >= 4 is 22.6 Å². The molecule has 0 bridgehead atoms. The van der Waals surface area contributed by atoms with Crippen LogP contribution in [-0.4, -0.2) is 22.9 Å². The van der Waals surface area contributed by atoms with Crippen LogP contribution in [0.1, 0.15) is 13.3 Å². The Bertz CT molecular complexity index is 707. The second-order valence-electron chi connectivity index (χ2n) is 4.30. The van der Waals surface area contributed by atoms with Gasteiger partial charge in [-0.1, -0.05) is 6.92 Å². The van der Waals surface area contributed by atoms with Crippen molar-refractivity contribution in [1.29, 1.82) is 5.26 Å². The average Bonchev–Trinajstić information content (AvgIpc) is 2.78. The molecule has 98 valence electrons. The lowest BCUT2D eigenvalue weighted by atomic mass is 10.1. The minimum absolute atomic E-state index is 0.248. The molecule has 0 aliphatic rings. The van der Waals surface area contributed by atoms with Gasteiger partial charge in [-0.2, -0.15) is 5.26 Å². The largest absolute Gasteiger partial charge is 0.323 e. The zero-order chi connectivity index (χ0) is 14.0. The fourth-order valence-corrected chi connectivity index (χ4v) is 1.91. The van der Waals surface area contributed by atoms with E-state index in [2.05, 4.69) is 9.97 Å². The number of H-pyrrole nitrogens is 2. The van der Waals surface area contributed by atoms with Crippen molar-refractivity contribution in [2.24, 2.45) is 5.92 Å². The van der Waals surface area contributed by atoms with Gasteiger partial charge in [0.25, 0.3) is 0 Å². The van der Waals surface area contributed by atoms with Crippen molar-refractivity contribution in [2.75, 3.05) is 11.9 Å². The van der Waals surface area contributed by atoms with Crippen LogP contribution in [-0.2, 0) is 4.79 Å². The van der Waals surface area contributed by atoms with Gasteiger partial charge in [-0.3, -0.25) is 4.79 Å². The third kappa shape index (κ3) is 2.36. The molecule has 2 aromatic rings. The van der Waals surface area contributed by atoms with Crippen LogP contribution < -0.4 is 10.6 Å². The standard InChI is InChI=1S/C13H14N4O2/c1-3-8(7-14)12(18)17(2)9-4-5-10-11(6-9)16-13(19)15-10/h4-6,8H,3H2,1-2H3,(H2,15,16,19). The molecule has 0 saturated heterocycles. The number of fused-ring (bicyclic) bond motifs is 1. The van der Waals surface area contributed by atoms with Gasteiger partial charge < -0.3 is 14.9 Å². The number of aromatic amines is 2. The predicted molar refractivity (Wildman–Crippen MR) is 71.7 cm³/mol. The summed E-state index contributed by atoms with van der Waals surface area (Å²) in [5.41, 5.74) is 1.67. The van der Waals surface area contributed by atoms with E-state index in [0.29, 0.717) is 23.1 Å². The van der Waals surface area contributed by atoms with E-state index < -0.39 is 5.92 Å². The molecule has 19 heavy (non-hydrogen) atoms. The van der Waals surface area contributed by atoms with E-state index >= 15 is 0 Å². The predicted octanol–water partition coefficient (Wildman–Crippen LogP) is 1.37. The molecule has 6 nitrogen and oxygen atoms in total. The second-order valence-corrected chi connectivity index (χ2v) is 4.30. The average molecular weight is 258 g/mol. The molecule has 1 amide bonds. The lowest BCUT2D eigenvalue weighted by molar-refractivity contribution is -0.120. The summed E-state index contributed by atoms with van der Waals surface area (Å²) in [6.45, 7) is 1.80. The van der Waals surface area contributed by atoms with Crippen LogP contribution in [0.2, 0.25) is 0 Å². The summed E-state index contributed by atoms with van der Waals surface area (Å²) < 4.78 is 0. The van der Waals surface area contributed by atoms with E-state index in [-0.39, 0.29) is 11.6 Å². The zero-order valence-electron chi connectivity index (χ0n) is 10.7. The quantitative estimate of drug-likeness (QED) is 0.870. The number of nitrogens with zero attached hydrogens (tertiary/aromatic N) is 2. The Balaban J connectivity index is 2.36. The van der Waals surface area contributed by atoms with Gasteiger partial charge in [-0.15, -0.1) is 0 Å². The lowest BCUT2D eigenvalue weighted by Crippen LogP contribution is -2.31. The molecule has 0 saturated carbocycles. The van der Waals surface area contributed by atoms with Gasteiger partial charge in [-0.25, -0.2) is 4.79 Å². The summed E-state index contributed by atoms with van der Waals surface area (Å²) in [4.78, 5) is 29.9. The minimum atomic E-state index is -0.647. The van der Waals surface area contributed by atoms with Gasteiger partial charge >= 0.3 is 5.69 Å². The first-order chi connectivity index (χ1) is 9.06. The summed E-state index contributed by atoms with van der Waals surface area (Å²) in [6, 6.07) is 7.14. The first-order valence-electron chi connectivity index (χ1n) is 5.96. The number of benzene rings is 1. The van der Waals surface area contributed by atoms with E-state index in [9.17, 15) is 9.59 Å². The molecular weight excluding hydrogens is 244 g/mol. The highest BCUT2D eigenvalue weighted by molar-refractivity contribution is 5.97. The molecule has 0 radical (unpaired) electrons. The summed E-state index contributed by atoms with van der Waals surface area (Å²) in [5.74, 6) is -0.895. The number of nitrogens with one attached hydrogen (secondary N) is 2. The SMILES string of the molecule is CCC(C#N)C(=O)N(C)c1ccc2[nH]c(=O)[nH]c2c1. The molecular formula is C13H14N4O2. The lowest BCUT2D eigenvalue weighted by Gasteiger charge is -2.19. The van der Waals surface area contributed by atoms with Gasteiger partial charge in [0.2, 0.25) is 5.91 Å². The number of rotatable bonds is 3. The smallest absolute Gasteiger partial charge is 0.314 e. The minimum Gasteiger partial charge on any atom is -0.314 e. The first kappa shape index (κ1) is 12.9. The van der Waals surface area contributed by atoms with Crippen molar-refractivity contribution in [3.63, 3.8) is 0 Å². The molecule has 6 heteroatoms. The first-order valence-corrected chi connectivity index (χ1v) is 5.96. The second kappa shape index (κ2) is 4.98. The highest BCUT2D eigenvalue weighted by Gasteiger charge is 2.21. The van der Waals surface area contributed by atoms with Gasteiger partial charge in [0, 0.05) is 12.7 Å². The van der Waals surface area contributed by atoms with E-state index in [1.54, 1.807) is 32.2 Å².